The van der Waals surface area contributed by atoms with Crippen LogP contribution in [0.15, 0.2) is 24.3 Å². The fraction of sp³-hybridized carbons (Fsp3) is 0.571. The van der Waals surface area contributed by atoms with Crippen LogP contribution in [0.25, 0.3) is 0 Å². The maximum Gasteiger partial charge on any atom is 0.0447 e. The minimum atomic E-state index is 0. The predicted molar refractivity (Wildman–Crippen MR) is 80.9 cm³/mol. The second-order valence-corrected chi connectivity index (χ2v) is 4.47. The number of halogens is 1. The first-order chi connectivity index (χ1) is 8.35. The molecule has 1 saturated heterocycles. The van der Waals surface area contributed by atoms with Gasteiger partial charge in [0, 0.05) is 44.5 Å². The third-order valence-corrected chi connectivity index (χ3v) is 3.47. The second-order valence-electron chi connectivity index (χ2n) is 4.47. The fourth-order valence-electron chi connectivity index (χ4n) is 2.40. The standard InChI is InChI=1S/C14H23N3.ClH/c1-3-17(4-2)13-7-5-12(6-8-13)14-11-15-9-10-16-14;/h5-8,14-16H,3-4,9-11H2,1-2H3;1H/t14-;/m0./s1. The molecular weight excluding hydrogens is 246 g/mol. The summed E-state index contributed by atoms with van der Waals surface area (Å²) < 4.78 is 0. The van der Waals surface area contributed by atoms with Gasteiger partial charge in [-0.25, -0.2) is 0 Å². The third-order valence-electron chi connectivity index (χ3n) is 3.47. The maximum absolute atomic E-state index is 3.54. The number of benzene rings is 1. The van der Waals surface area contributed by atoms with Gasteiger partial charge in [-0.2, -0.15) is 0 Å². The van der Waals surface area contributed by atoms with Gasteiger partial charge in [0.25, 0.3) is 0 Å². The first kappa shape index (κ1) is 15.3. The number of anilines is 1. The van der Waals surface area contributed by atoms with Crippen LogP contribution in [0, 0.1) is 0 Å². The van der Waals surface area contributed by atoms with Gasteiger partial charge in [-0.05, 0) is 31.5 Å². The van der Waals surface area contributed by atoms with Gasteiger partial charge < -0.3 is 15.5 Å². The summed E-state index contributed by atoms with van der Waals surface area (Å²) in [4.78, 5) is 2.37. The Morgan fingerprint density at radius 2 is 1.78 bits per heavy atom. The monoisotopic (exact) mass is 269 g/mol. The Bertz CT molecular complexity index is 329. The van der Waals surface area contributed by atoms with Crippen molar-refractivity contribution in [1.82, 2.24) is 10.6 Å². The van der Waals surface area contributed by atoms with E-state index in [0.29, 0.717) is 6.04 Å². The van der Waals surface area contributed by atoms with Gasteiger partial charge in [0.15, 0.2) is 0 Å². The van der Waals surface area contributed by atoms with Gasteiger partial charge >= 0.3 is 0 Å². The Morgan fingerprint density at radius 3 is 2.28 bits per heavy atom. The lowest BCUT2D eigenvalue weighted by atomic mass is 10.0. The lowest BCUT2D eigenvalue weighted by Gasteiger charge is -2.26. The van der Waals surface area contributed by atoms with E-state index < -0.39 is 0 Å². The number of hydrogen-bond acceptors (Lipinski definition) is 3. The molecule has 1 atom stereocenters. The molecule has 2 N–H and O–H groups in total. The largest absolute Gasteiger partial charge is 0.372 e. The first-order valence-corrected chi connectivity index (χ1v) is 6.64. The van der Waals surface area contributed by atoms with E-state index >= 15 is 0 Å². The summed E-state index contributed by atoms with van der Waals surface area (Å²) in [5.74, 6) is 0. The molecule has 1 aliphatic rings. The van der Waals surface area contributed by atoms with Gasteiger partial charge in [-0.15, -0.1) is 12.4 Å². The molecule has 0 aliphatic carbocycles. The van der Waals surface area contributed by atoms with Crippen LogP contribution in [-0.4, -0.2) is 32.7 Å². The van der Waals surface area contributed by atoms with Crippen LogP contribution in [0.1, 0.15) is 25.5 Å². The van der Waals surface area contributed by atoms with Crippen molar-refractivity contribution >= 4 is 18.1 Å². The molecule has 0 bridgehead atoms. The molecule has 102 valence electrons. The lowest BCUT2D eigenvalue weighted by Crippen LogP contribution is -2.42. The van der Waals surface area contributed by atoms with Crippen molar-refractivity contribution in [2.75, 3.05) is 37.6 Å². The number of rotatable bonds is 4. The molecule has 18 heavy (non-hydrogen) atoms. The highest BCUT2D eigenvalue weighted by molar-refractivity contribution is 5.85. The zero-order valence-electron chi connectivity index (χ0n) is 11.3. The molecule has 0 spiro atoms. The van der Waals surface area contributed by atoms with E-state index in [1.165, 1.54) is 11.3 Å². The Hall–Kier alpha value is -0.770. The van der Waals surface area contributed by atoms with E-state index in [2.05, 4.69) is 53.6 Å². The van der Waals surface area contributed by atoms with Crippen LogP contribution in [0.5, 0.6) is 0 Å². The molecule has 3 nitrogen and oxygen atoms in total. The molecular formula is C14H24ClN3. The summed E-state index contributed by atoms with van der Waals surface area (Å²) in [6.45, 7) is 9.70. The van der Waals surface area contributed by atoms with Crippen molar-refractivity contribution in [3.05, 3.63) is 29.8 Å². The molecule has 1 aromatic carbocycles. The topological polar surface area (TPSA) is 27.3 Å². The van der Waals surface area contributed by atoms with E-state index in [-0.39, 0.29) is 12.4 Å². The van der Waals surface area contributed by atoms with Crippen LogP contribution >= 0.6 is 12.4 Å². The van der Waals surface area contributed by atoms with Crippen LogP contribution in [0.2, 0.25) is 0 Å². The molecule has 4 heteroatoms. The van der Waals surface area contributed by atoms with Crippen LogP contribution in [0.3, 0.4) is 0 Å². The minimum Gasteiger partial charge on any atom is -0.372 e. The number of nitrogens with zero attached hydrogens (tertiary/aromatic N) is 1. The Balaban J connectivity index is 0.00000162. The molecule has 0 aromatic heterocycles. The Labute approximate surface area is 116 Å². The van der Waals surface area contributed by atoms with Gasteiger partial charge in [-0.3, -0.25) is 0 Å². The fourth-order valence-corrected chi connectivity index (χ4v) is 2.40. The maximum atomic E-state index is 3.54. The van der Waals surface area contributed by atoms with Gasteiger partial charge in [0.2, 0.25) is 0 Å². The van der Waals surface area contributed by atoms with Gasteiger partial charge in [0.05, 0.1) is 0 Å². The normalized spacial score (nSPS) is 19.1. The zero-order chi connectivity index (χ0) is 12.1. The van der Waals surface area contributed by atoms with Crippen molar-refractivity contribution in [2.24, 2.45) is 0 Å². The van der Waals surface area contributed by atoms with Crippen LogP contribution in [-0.2, 0) is 0 Å². The molecule has 1 aromatic rings. The summed E-state index contributed by atoms with van der Waals surface area (Å²) in [7, 11) is 0. The SMILES string of the molecule is CCN(CC)c1ccc([C@@H]2CNCCN2)cc1.Cl. The summed E-state index contributed by atoms with van der Waals surface area (Å²) in [6, 6.07) is 9.43. The van der Waals surface area contributed by atoms with Crippen molar-refractivity contribution in [1.29, 1.82) is 0 Å². The Morgan fingerprint density at radius 1 is 1.11 bits per heavy atom. The smallest absolute Gasteiger partial charge is 0.0447 e. The third kappa shape index (κ3) is 3.61. The van der Waals surface area contributed by atoms with Crippen LogP contribution in [0.4, 0.5) is 5.69 Å². The highest BCUT2D eigenvalue weighted by Crippen LogP contribution is 2.19. The van der Waals surface area contributed by atoms with Crippen molar-refractivity contribution < 1.29 is 0 Å². The molecule has 2 rings (SSSR count). The average molecular weight is 270 g/mol. The molecule has 1 heterocycles. The summed E-state index contributed by atoms with van der Waals surface area (Å²) in [5, 5.41) is 6.96. The Kier molecular flexibility index (Phi) is 6.47. The highest BCUT2D eigenvalue weighted by Gasteiger charge is 2.14. The van der Waals surface area contributed by atoms with Crippen LogP contribution < -0.4 is 15.5 Å². The second kappa shape index (κ2) is 7.62. The van der Waals surface area contributed by atoms with Gasteiger partial charge in [0.1, 0.15) is 0 Å². The lowest BCUT2D eigenvalue weighted by molar-refractivity contribution is 0.430. The van der Waals surface area contributed by atoms with Crippen molar-refractivity contribution in [3.63, 3.8) is 0 Å². The number of hydrogen-bond donors (Lipinski definition) is 2. The van der Waals surface area contributed by atoms with E-state index in [9.17, 15) is 0 Å². The molecule has 0 radical (unpaired) electrons. The minimum absolute atomic E-state index is 0. The molecule has 0 amide bonds. The quantitative estimate of drug-likeness (QED) is 0.878. The number of piperazine rings is 1. The zero-order valence-corrected chi connectivity index (χ0v) is 12.1. The average Bonchev–Trinajstić information content (AvgIpc) is 2.42. The molecule has 1 fully saturated rings. The van der Waals surface area contributed by atoms with Crippen molar-refractivity contribution in [3.8, 4) is 0 Å². The molecule has 1 aliphatic heterocycles. The first-order valence-electron chi connectivity index (χ1n) is 6.64. The predicted octanol–water partition coefficient (Wildman–Crippen LogP) is 2.19. The van der Waals surface area contributed by atoms with Gasteiger partial charge in [-0.1, -0.05) is 12.1 Å². The van der Waals surface area contributed by atoms with E-state index in [1.54, 1.807) is 0 Å². The van der Waals surface area contributed by atoms with Crippen molar-refractivity contribution in [2.45, 2.75) is 19.9 Å². The highest BCUT2D eigenvalue weighted by atomic mass is 35.5. The summed E-state index contributed by atoms with van der Waals surface area (Å²) in [6.07, 6.45) is 0. The molecule has 0 saturated carbocycles. The summed E-state index contributed by atoms with van der Waals surface area (Å²) in [5.41, 5.74) is 2.70. The van der Waals surface area contributed by atoms with E-state index in [0.717, 1.165) is 32.7 Å². The summed E-state index contributed by atoms with van der Waals surface area (Å²) >= 11 is 0. The van der Waals surface area contributed by atoms with E-state index in [1.807, 2.05) is 0 Å². The van der Waals surface area contributed by atoms with E-state index in [4.69, 9.17) is 0 Å². The molecule has 0 unspecified atom stereocenters. The number of nitrogens with one attached hydrogen (secondary N) is 2.